The molecule has 33 heavy (non-hydrogen) atoms. The molecule has 1 aliphatic heterocycles. The number of fused-ring (bicyclic) bond motifs is 1. The van der Waals surface area contributed by atoms with E-state index in [4.69, 9.17) is 0 Å². The van der Waals surface area contributed by atoms with Gasteiger partial charge < -0.3 is 20.1 Å². The number of carbonyl (C=O) groups excluding carboxylic acids is 2. The van der Waals surface area contributed by atoms with Crippen molar-refractivity contribution in [1.82, 2.24) is 25.1 Å². The number of likely N-dealkylation sites (N-methyl/N-ethyl adjacent to an activating group) is 1. The summed E-state index contributed by atoms with van der Waals surface area (Å²) in [4.78, 5) is 32.2. The molecule has 3 rings (SSSR count). The van der Waals surface area contributed by atoms with Crippen LogP contribution in [-0.4, -0.2) is 52.9 Å². The number of benzene rings is 1. The number of nitrogens with one attached hydrogen (secondary N) is 2. The fourth-order valence-corrected chi connectivity index (χ4v) is 4.05. The van der Waals surface area contributed by atoms with Gasteiger partial charge in [-0.25, -0.2) is 4.98 Å². The minimum Gasteiger partial charge on any atom is -0.357 e. The Bertz CT molecular complexity index is 1040. The van der Waals surface area contributed by atoms with Crippen molar-refractivity contribution in [3.05, 3.63) is 41.2 Å². The van der Waals surface area contributed by atoms with E-state index < -0.39 is 29.1 Å². The zero-order valence-corrected chi connectivity index (χ0v) is 19.5. The molecule has 7 nitrogen and oxygen atoms in total. The van der Waals surface area contributed by atoms with Gasteiger partial charge in [-0.05, 0) is 31.5 Å². The number of hydrogen-bond donors (Lipinski definition) is 2. The van der Waals surface area contributed by atoms with Crippen LogP contribution in [0, 0.1) is 5.41 Å². The number of alkyl halides is 3. The second-order valence-corrected chi connectivity index (χ2v) is 9.40. The fourth-order valence-electron chi connectivity index (χ4n) is 4.05. The lowest BCUT2D eigenvalue weighted by atomic mass is 9.86. The summed E-state index contributed by atoms with van der Waals surface area (Å²) in [5.41, 5.74) is -0.902. The standard InChI is InChI=1S/C23H30F3N5O2/c1-22(2,3)18(21(33)27-4)29-20(32)17-16-13-30(5)11-8-12-31(16)19(28-17)14-9-6-7-10-15(14)23(24,25)26/h6-7,9-10,18H,8,11-13H2,1-5H3,(H,27,33)(H,29,32)/t18-/m1/s1. The maximum Gasteiger partial charge on any atom is 0.417 e. The highest BCUT2D eigenvalue weighted by Gasteiger charge is 2.37. The van der Waals surface area contributed by atoms with Crippen LogP contribution < -0.4 is 10.6 Å². The third-order valence-corrected chi connectivity index (χ3v) is 5.75. The van der Waals surface area contributed by atoms with Crippen LogP contribution in [0.5, 0.6) is 0 Å². The summed E-state index contributed by atoms with van der Waals surface area (Å²) < 4.78 is 42.9. The molecule has 0 fully saturated rings. The number of rotatable bonds is 4. The van der Waals surface area contributed by atoms with Gasteiger partial charge in [-0.1, -0.05) is 39.0 Å². The number of halogens is 3. The molecule has 1 aliphatic rings. The lowest BCUT2D eigenvalue weighted by molar-refractivity contribution is -0.137. The van der Waals surface area contributed by atoms with E-state index in [0.717, 1.165) is 12.6 Å². The molecule has 0 unspecified atom stereocenters. The molecule has 0 saturated heterocycles. The van der Waals surface area contributed by atoms with E-state index in [1.165, 1.54) is 25.2 Å². The Morgan fingerprint density at radius 3 is 2.39 bits per heavy atom. The molecule has 2 amide bonds. The first-order valence-electron chi connectivity index (χ1n) is 10.8. The molecule has 2 aromatic rings. The molecule has 0 radical (unpaired) electrons. The normalized spacial score (nSPS) is 16.0. The summed E-state index contributed by atoms with van der Waals surface area (Å²) in [6, 6.07) is 4.40. The Labute approximate surface area is 191 Å². The zero-order chi connectivity index (χ0) is 24.6. The fraction of sp³-hybridized carbons (Fsp3) is 0.522. The van der Waals surface area contributed by atoms with E-state index >= 15 is 0 Å². The maximum atomic E-state index is 13.7. The predicted octanol–water partition coefficient (Wildman–Crippen LogP) is 3.29. The predicted molar refractivity (Wildman–Crippen MR) is 118 cm³/mol. The van der Waals surface area contributed by atoms with Gasteiger partial charge in [-0.3, -0.25) is 9.59 Å². The number of nitrogens with zero attached hydrogens (tertiary/aromatic N) is 3. The molecule has 1 aromatic heterocycles. The summed E-state index contributed by atoms with van der Waals surface area (Å²) in [6.07, 6.45) is -3.87. The monoisotopic (exact) mass is 465 g/mol. The number of aromatic nitrogens is 2. The molecule has 0 aliphatic carbocycles. The SMILES string of the molecule is CNC(=O)[C@@H](NC(=O)c1nc(-c2ccccc2C(F)(F)F)n2c1CN(C)CCC2)C(C)(C)C. The van der Waals surface area contributed by atoms with Crippen LogP contribution in [0.2, 0.25) is 0 Å². The molecule has 0 spiro atoms. The Morgan fingerprint density at radius 2 is 1.79 bits per heavy atom. The second kappa shape index (κ2) is 9.17. The average Bonchev–Trinajstić information content (AvgIpc) is 2.96. The first-order chi connectivity index (χ1) is 15.3. The van der Waals surface area contributed by atoms with Gasteiger partial charge in [-0.15, -0.1) is 0 Å². The zero-order valence-electron chi connectivity index (χ0n) is 19.5. The summed E-state index contributed by atoms with van der Waals surface area (Å²) in [6.45, 7) is 6.97. The smallest absolute Gasteiger partial charge is 0.357 e. The molecule has 2 N–H and O–H groups in total. The van der Waals surface area contributed by atoms with Crippen molar-refractivity contribution >= 4 is 11.8 Å². The van der Waals surface area contributed by atoms with Crippen LogP contribution in [0.1, 0.15) is 48.9 Å². The Morgan fingerprint density at radius 1 is 1.12 bits per heavy atom. The van der Waals surface area contributed by atoms with Gasteiger partial charge in [0.15, 0.2) is 5.69 Å². The van der Waals surface area contributed by atoms with E-state index in [9.17, 15) is 22.8 Å². The lowest BCUT2D eigenvalue weighted by Crippen LogP contribution is -2.53. The van der Waals surface area contributed by atoms with E-state index in [1.807, 2.05) is 32.7 Å². The van der Waals surface area contributed by atoms with Crippen molar-refractivity contribution < 1.29 is 22.8 Å². The van der Waals surface area contributed by atoms with Crippen LogP contribution in [0.25, 0.3) is 11.4 Å². The van der Waals surface area contributed by atoms with Gasteiger partial charge in [0.05, 0.1) is 11.3 Å². The molecular formula is C23H30F3N5O2. The van der Waals surface area contributed by atoms with Crippen LogP contribution in [-0.2, 0) is 24.1 Å². The summed E-state index contributed by atoms with van der Waals surface area (Å²) in [5.74, 6) is -0.847. The lowest BCUT2D eigenvalue weighted by Gasteiger charge is -2.29. The van der Waals surface area contributed by atoms with Crippen LogP contribution >= 0.6 is 0 Å². The second-order valence-electron chi connectivity index (χ2n) is 9.40. The van der Waals surface area contributed by atoms with Gasteiger partial charge in [-0.2, -0.15) is 13.2 Å². The quantitative estimate of drug-likeness (QED) is 0.726. The van der Waals surface area contributed by atoms with Gasteiger partial charge >= 0.3 is 6.18 Å². The van der Waals surface area contributed by atoms with Crippen molar-refractivity contribution in [2.75, 3.05) is 20.6 Å². The highest BCUT2D eigenvalue weighted by atomic mass is 19.4. The molecule has 10 heteroatoms. The van der Waals surface area contributed by atoms with Gasteiger partial charge in [0.2, 0.25) is 5.91 Å². The third-order valence-electron chi connectivity index (χ3n) is 5.75. The Kier molecular flexibility index (Phi) is 6.88. The van der Waals surface area contributed by atoms with Crippen molar-refractivity contribution in [3.63, 3.8) is 0 Å². The molecule has 1 aromatic carbocycles. The number of carbonyl (C=O) groups is 2. The van der Waals surface area contributed by atoms with E-state index in [1.54, 1.807) is 4.57 Å². The van der Waals surface area contributed by atoms with E-state index in [2.05, 4.69) is 15.6 Å². The van der Waals surface area contributed by atoms with Gasteiger partial charge in [0.1, 0.15) is 11.9 Å². The number of hydrogen-bond acceptors (Lipinski definition) is 4. The van der Waals surface area contributed by atoms with Gasteiger partial charge in [0.25, 0.3) is 5.91 Å². The minimum atomic E-state index is -4.57. The molecule has 0 saturated carbocycles. The van der Waals surface area contributed by atoms with Crippen molar-refractivity contribution in [1.29, 1.82) is 0 Å². The highest BCUT2D eigenvalue weighted by molar-refractivity contribution is 5.98. The van der Waals surface area contributed by atoms with Crippen LogP contribution in [0.3, 0.4) is 0 Å². The van der Waals surface area contributed by atoms with Crippen LogP contribution in [0.4, 0.5) is 13.2 Å². The van der Waals surface area contributed by atoms with Crippen molar-refractivity contribution in [2.24, 2.45) is 5.41 Å². The van der Waals surface area contributed by atoms with E-state index in [0.29, 0.717) is 25.2 Å². The molecular weight excluding hydrogens is 435 g/mol. The number of imidazole rings is 1. The summed E-state index contributed by atoms with van der Waals surface area (Å²) in [7, 11) is 3.37. The first-order valence-corrected chi connectivity index (χ1v) is 10.8. The van der Waals surface area contributed by atoms with E-state index in [-0.39, 0.29) is 23.0 Å². The molecule has 0 bridgehead atoms. The van der Waals surface area contributed by atoms with Crippen LogP contribution in [0.15, 0.2) is 24.3 Å². The average molecular weight is 466 g/mol. The third kappa shape index (κ3) is 5.21. The van der Waals surface area contributed by atoms with Gasteiger partial charge in [0, 0.05) is 25.7 Å². The number of amides is 2. The molecule has 2 heterocycles. The topological polar surface area (TPSA) is 79.3 Å². The largest absolute Gasteiger partial charge is 0.417 e. The molecule has 1 atom stereocenters. The summed E-state index contributed by atoms with van der Waals surface area (Å²) in [5, 5.41) is 5.30. The minimum absolute atomic E-state index is 0.0360. The Balaban J connectivity index is 2.14. The van der Waals surface area contributed by atoms with Crippen molar-refractivity contribution in [2.45, 2.75) is 52.5 Å². The molecule has 180 valence electrons. The first kappa shape index (κ1) is 24.8. The highest BCUT2D eigenvalue weighted by Crippen LogP contribution is 2.38. The van der Waals surface area contributed by atoms with Crippen molar-refractivity contribution in [3.8, 4) is 11.4 Å². The summed E-state index contributed by atoms with van der Waals surface area (Å²) >= 11 is 0. The Hall–Kier alpha value is -2.88. The maximum absolute atomic E-state index is 13.7.